The molecule has 0 bridgehead atoms. The number of hydrogen-bond donors (Lipinski definition) is 2. The Bertz CT molecular complexity index is 834. The third-order valence-corrected chi connectivity index (χ3v) is 4.09. The second-order valence-electron chi connectivity index (χ2n) is 6.20. The van der Waals surface area contributed by atoms with Crippen LogP contribution in [0, 0.1) is 0 Å². The molecule has 0 saturated carbocycles. The van der Waals surface area contributed by atoms with E-state index < -0.39 is 0 Å². The van der Waals surface area contributed by atoms with Gasteiger partial charge in [0.1, 0.15) is 5.75 Å². The Morgan fingerprint density at radius 2 is 1.57 bits per heavy atom. The zero-order valence-corrected chi connectivity index (χ0v) is 16.3. The van der Waals surface area contributed by atoms with E-state index in [1.54, 1.807) is 37.4 Å². The highest BCUT2D eigenvalue weighted by molar-refractivity contribution is 5.95. The van der Waals surface area contributed by atoms with Gasteiger partial charge in [0.25, 0.3) is 0 Å². The summed E-state index contributed by atoms with van der Waals surface area (Å²) >= 11 is 0. The summed E-state index contributed by atoms with van der Waals surface area (Å²) in [6.45, 7) is 3.63. The van der Waals surface area contributed by atoms with Crippen molar-refractivity contribution in [1.82, 2.24) is 4.90 Å². The van der Waals surface area contributed by atoms with Crippen LogP contribution in [0.15, 0.2) is 48.5 Å². The number of nitrogens with one attached hydrogen (secondary N) is 2. The molecule has 0 heterocycles. The van der Waals surface area contributed by atoms with Gasteiger partial charge in [-0.3, -0.25) is 14.4 Å². The van der Waals surface area contributed by atoms with E-state index in [1.807, 2.05) is 25.1 Å². The van der Waals surface area contributed by atoms with Gasteiger partial charge < -0.3 is 20.3 Å². The maximum Gasteiger partial charge on any atom is 0.243 e. The molecule has 0 atom stereocenters. The maximum atomic E-state index is 12.6. The SMILES string of the molecule is CCN(CC(=O)Nc1ccc(NC(C)=O)cc1)C(=O)Cc1ccccc1OC. The monoisotopic (exact) mass is 383 g/mol. The first-order chi connectivity index (χ1) is 13.4. The minimum Gasteiger partial charge on any atom is -0.496 e. The van der Waals surface area contributed by atoms with Crippen LogP contribution in [0.3, 0.4) is 0 Å². The highest BCUT2D eigenvalue weighted by Crippen LogP contribution is 2.18. The summed E-state index contributed by atoms with van der Waals surface area (Å²) in [6, 6.07) is 14.1. The summed E-state index contributed by atoms with van der Waals surface area (Å²) < 4.78 is 5.28. The van der Waals surface area contributed by atoms with Crippen molar-refractivity contribution >= 4 is 29.1 Å². The summed E-state index contributed by atoms with van der Waals surface area (Å²) in [5.41, 5.74) is 2.02. The summed E-state index contributed by atoms with van der Waals surface area (Å²) in [5, 5.41) is 5.42. The molecular formula is C21H25N3O4. The number of likely N-dealkylation sites (N-methyl/N-ethyl adjacent to an activating group) is 1. The fourth-order valence-electron chi connectivity index (χ4n) is 2.71. The third kappa shape index (κ3) is 6.12. The van der Waals surface area contributed by atoms with Crippen molar-refractivity contribution in [2.24, 2.45) is 0 Å². The summed E-state index contributed by atoms with van der Waals surface area (Å²) in [7, 11) is 1.56. The van der Waals surface area contributed by atoms with Crippen molar-refractivity contribution in [3.63, 3.8) is 0 Å². The van der Waals surface area contributed by atoms with E-state index in [4.69, 9.17) is 4.74 Å². The van der Waals surface area contributed by atoms with Crippen LogP contribution in [0.5, 0.6) is 5.75 Å². The number of amides is 3. The quantitative estimate of drug-likeness (QED) is 0.734. The molecule has 148 valence electrons. The van der Waals surface area contributed by atoms with E-state index >= 15 is 0 Å². The molecule has 2 rings (SSSR count). The molecule has 0 radical (unpaired) electrons. The number of nitrogens with zero attached hydrogens (tertiary/aromatic N) is 1. The lowest BCUT2D eigenvalue weighted by molar-refractivity contribution is -0.133. The summed E-state index contributed by atoms with van der Waals surface area (Å²) in [4.78, 5) is 37.5. The van der Waals surface area contributed by atoms with Crippen LogP contribution >= 0.6 is 0 Å². The molecule has 3 amide bonds. The predicted molar refractivity (Wildman–Crippen MR) is 108 cm³/mol. The number of anilines is 2. The fraction of sp³-hybridized carbons (Fsp3) is 0.286. The molecule has 0 spiro atoms. The number of methoxy groups -OCH3 is 1. The molecule has 28 heavy (non-hydrogen) atoms. The Balaban J connectivity index is 1.94. The highest BCUT2D eigenvalue weighted by atomic mass is 16.5. The molecule has 2 N–H and O–H groups in total. The zero-order chi connectivity index (χ0) is 20.5. The van der Waals surface area contributed by atoms with Crippen LogP contribution in [0.4, 0.5) is 11.4 Å². The largest absolute Gasteiger partial charge is 0.496 e. The van der Waals surface area contributed by atoms with Crippen LogP contribution in [-0.2, 0) is 20.8 Å². The Morgan fingerprint density at radius 1 is 0.964 bits per heavy atom. The van der Waals surface area contributed by atoms with Crippen LogP contribution in [0.1, 0.15) is 19.4 Å². The van der Waals surface area contributed by atoms with Gasteiger partial charge in [0.15, 0.2) is 0 Å². The molecule has 7 heteroatoms. The number of carbonyl (C=O) groups is 3. The van der Waals surface area contributed by atoms with Crippen molar-refractivity contribution in [3.05, 3.63) is 54.1 Å². The minimum atomic E-state index is -0.289. The van der Waals surface area contributed by atoms with E-state index in [2.05, 4.69) is 10.6 Å². The predicted octanol–water partition coefficient (Wildman–Crippen LogP) is 2.68. The fourth-order valence-corrected chi connectivity index (χ4v) is 2.71. The number of rotatable bonds is 8. The van der Waals surface area contributed by atoms with E-state index in [9.17, 15) is 14.4 Å². The molecule has 0 aliphatic rings. The van der Waals surface area contributed by atoms with Crippen LogP contribution in [-0.4, -0.2) is 42.8 Å². The average molecular weight is 383 g/mol. The first-order valence-corrected chi connectivity index (χ1v) is 9.00. The van der Waals surface area contributed by atoms with E-state index in [-0.39, 0.29) is 30.7 Å². The molecule has 7 nitrogen and oxygen atoms in total. The smallest absolute Gasteiger partial charge is 0.243 e. The van der Waals surface area contributed by atoms with Crippen molar-refractivity contribution in [2.45, 2.75) is 20.3 Å². The number of para-hydroxylation sites is 1. The second-order valence-corrected chi connectivity index (χ2v) is 6.20. The van der Waals surface area contributed by atoms with E-state index in [1.165, 1.54) is 11.8 Å². The van der Waals surface area contributed by atoms with Gasteiger partial charge in [0.05, 0.1) is 20.1 Å². The number of hydrogen-bond acceptors (Lipinski definition) is 4. The molecular weight excluding hydrogens is 358 g/mol. The number of ether oxygens (including phenoxy) is 1. The Morgan fingerprint density at radius 3 is 2.14 bits per heavy atom. The molecule has 0 saturated heterocycles. The molecule has 0 aliphatic heterocycles. The molecule has 2 aromatic carbocycles. The standard InChI is InChI=1S/C21H25N3O4/c1-4-24(21(27)13-16-7-5-6-8-19(16)28-3)14-20(26)23-18-11-9-17(10-12-18)22-15(2)25/h5-12H,4,13-14H2,1-3H3,(H,22,25)(H,23,26). The lowest BCUT2D eigenvalue weighted by atomic mass is 10.1. The summed E-state index contributed by atoms with van der Waals surface area (Å²) in [6.07, 6.45) is 0.163. The Labute approximate surface area is 164 Å². The van der Waals surface area contributed by atoms with Gasteiger partial charge in [0.2, 0.25) is 17.7 Å². The minimum absolute atomic E-state index is 0.0437. The lowest BCUT2D eigenvalue weighted by Gasteiger charge is -2.21. The van der Waals surface area contributed by atoms with E-state index in [0.29, 0.717) is 23.7 Å². The topological polar surface area (TPSA) is 87.7 Å². The maximum absolute atomic E-state index is 12.6. The van der Waals surface area contributed by atoms with Gasteiger partial charge >= 0.3 is 0 Å². The van der Waals surface area contributed by atoms with E-state index in [0.717, 1.165) is 5.56 Å². The van der Waals surface area contributed by atoms with Gasteiger partial charge in [-0.25, -0.2) is 0 Å². The first-order valence-electron chi connectivity index (χ1n) is 9.00. The molecule has 0 aromatic heterocycles. The molecule has 2 aromatic rings. The Kier molecular flexibility index (Phi) is 7.56. The number of carbonyl (C=O) groups excluding carboxylic acids is 3. The Hall–Kier alpha value is -3.35. The zero-order valence-electron chi connectivity index (χ0n) is 16.3. The van der Waals surface area contributed by atoms with Gasteiger partial charge in [-0.05, 0) is 37.3 Å². The van der Waals surface area contributed by atoms with Crippen molar-refractivity contribution in [2.75, 3.05) is 30.8 Å². The van der Waals surface area contributed by atoms with Gasteiger partial charge in [-0.2, -0.15) is 0 Å². The van der Waals surface area contributed by atoms with Crippen molar-refractivity contribution in [1.29, 1.82) is 0 Å². The van der Waals surface area contributed by atoms with Gasteiger partial charge in [0, 0.05) is 30.4 Å². The van der Waals surface area contributed by atoms with Crippen LogP contribution < -0.4 is 15.4 Å². The molecule has 0 unspecified atom stereocenters. The van der Waals surface area contributed by atoms with Gasteiger partial charge in [-0.1, -0.05) is 18.2 Å². The lowest BCUT2D eigenvalue weighted by Crippen LogP contribution is -2.38. The van der Waals surface area contributed by atoms with Gasteiger partial charge in [-0.15, -0.1) is 0 Å². The normalized spacial score (nSPS) is 10.1. The molecule has 0 fully saturated rings. The first kappa shape index (κ1) is 21.0. The average Bonchev–Trinajstić information content (AvgIpc) is 2.67. The van der Waals surface area contributed by atoms with Crippen molar-refractivity contribution in [3.8, 4) is 5.75 Å². The van der Waals surface area contributed by atoms with Crippen LogP contribution in [0.2, 0.25) is 0 Å². The highest BCUT2D eigenvalue weighted by Gasteiger charge is 2.17. The third-order valence-electron chi connectivity index (χ3n) is 4.09. The number of benzene rings is 2. The van der Waals surface area contributed by atoms with Crippen molar-refractivity contribution < 1.29 is 19.1 Å². The molecule has 0 aliphatic carbocycles. The van der Waals surface area contributed by atoms with Crippen LogP contribution in [0.25, 0.3) is 0 Å². The second kappa shape index (κ2) is 10.1. The summed E-state index contributed by atoms with van der Waals surface area (Å²) in [5.74, 6) is 0.0465.